The number of hydrogen-bond acceptors (Lipinski definition) is 8. The number of rotatable bonds is 0. The Morgan fingerprint density at radius 1 is 0.324 bits per heavy atom. The van der Waals surface area contributed by atoms with Crippen LogP contribution in [-0.2, 0) is 19.2 Å². The molecule has 0 atom stereocenters. The molecule has 0 saturated heterocycles. The molecule has 0 spiro atoms. The standard InChI is InChI=1S/C10H8.2C6H6.4CHNO/c1-2-6-10-8-4-3-7-9(10)5-1;2*1-2-4-6-5-3-1;4*2-1-3/h1-8H;2*1-6H;4*2H. The van der Waals surface area contributed by atoms with Crippen LogP contribution in [0.4, 0.5) is 0 Å². The second-order valence-electron chi connectivity index (χ2n) is 5.06. The second kappa shape index (κ2) is 32.3. The van der Waals surface area contributed by atoms with Crippen molar-refractivity contribution in [2.24, 2.45) is 0 Å². The molecular formula is C26H24N4O4. The van der Waals surface area contributed by atoms with Crippen molar-refractivity contribution < 1.29 is 19.2 Å². The Labute approximate surface area is 197 Å². The summed E-state index contributed by atoms with van der Waals surface area (Å²) in [6.07, 6.45) is 3.00. The molecule has 0 saturated carbocycles. The average Bonchev–Trinajstić information content (AvgIpc) is 2.89. The quantitative estimate of drug-likeness (QED) is 0.194. The molecule has 8 heteroatoms. The Bertz CT molecular complexity index is 899. The normalized spacial score (nSPS) is 6.71. The van der Waals surface area contributed by atoms with Gasteiger partial charge in [-0.2, -0.15) is 0 Å². The highest BCUT2D eigenvalue weighted by atomic mass is 16.1. The maximum absolute atomic E-state index is 8.35. The molecule has 0 radical (unpaired) electrons. The van der Waals surface area contributed by atoms with Gasteiger partial charge in [0.2, 0.25) is 24.3 Å². The van der Waals surface area contributed by atoms with Crippen LogP contribution < -0.4 is 0 Å². The average molecular weight is 457 g/mol. The number of carbonyl (C=O) groups excluding carboxylic acids is 4. The number of fused-ring (bicyclic) bond motifs is 1. The van der Waals surface area contributed by atoms with Gasteiger partial charge >= 0.3 is 0 Å². The molecule has 4 aromatic rings. The first-order chi connectivity index (χ1) is 16.6. The predicted octanol–water partition coefficient (Wildman–Crippen LogP) is 5.82. The molecule has 0 bridgehead atoms. The van der Waals surface area contributed by atoms with E-state index in [0.29, 0.717) is 0 Å². The third-order valence-corrected chi connectivity index (χ3v) is 2.99. The highest BCUT2D eigenvalue weighted by molar-refractivity contribution is 5.82. The smallest absolute Gasteiger partial charge is 0.222 e. The van der Waals surface area contributed by atoms with Crippen molar-refractivity contribution in [2.45, 2.75) is 0 Å². The third kappa shape index (κ3) is 28.9. The molecular weight excluding hydrogens is 432 g/mol. The van der Waals surface area contributed by atoms with Crippen molar-refractivity contribution in [3.8, 4) is 0 Å². The van der Waals surface area contributed by atoms with E-state index in [2.05, 4.69) is 48.5 Å². The summed E-state index contributed by atoms with van der Waals surface area (Å²) in [6, 6.07) is 40.7. The second-order valence-corrected chi connectivity index (χ2v) is 5.06. The Kier molecular flexibility index (Phi) is 31.7. The molecule has 0 aliphatic rings. The molecule has 172 valence electrons. The van der Waals surface area contributed by atoms with E-state index in [1.807, 2.05) is 72.8 Å². The van der Waals surface area contributed by atoms with E-state index in [1.54, 1.807) is 0 Å². The SMILES string of the molecule is N=C=O.N=C=O.N=C=O.N=C=O.c1ccc2ccccc2c1.c1ccccc1.c1ccccc1. The first-order valence-corrected chi connectivity index (χ1v) is 9.22. The zero-order valence-electron chi connectivity index (χ0n) is 18.2. The Morgan fingerprint density at radius 3 is 0.559 bits per heavy atom. The summed E-state index contributed by atoms with van der Waals surface area (Å²) in [7, 11) is 0. The van der Waals surface area contributed by atoms with Crippen LogP contribution in [0.15, 0.2) is 121 Å². The Hall–Kier alpha value is -5.34. The maximum Gasteiger partial charge on any atom is 0.231 e. The fourth-order valence-corrected chi connectivity index (χ4v) is 1.90. The number of isocyanates is 4. The van der Waals surface area contributed by atoms with Gasteiger partial charge in [0, 0.05) is 0 Å². The fraction of sp³-hybridized carbons (Fsp3) is 0. The Morgan fingerprint density at radius 2 is 0.441 bits per heavy atom. The van der Waals surface area contributed by atoms with Crippen molar-refractivity contribution in [1.29, 1.82) is 21.6 Å². The van der Waals surface area contributed by atoms with E-state index >= 15 is 0 Å². The first-order valence-electron chi connectivity index (χ1n) is 9.22. The van der Waals surface area contributed by atoms with Crippen LogP contribution in [0.1, 0.15) is 0 Å². The van der Waals surface area contributed by atoms with Crippen molar-refractivity contribution in [3.63, 3.8) is 0 Å². The minimum absolute atomic E-state index is 0.750. The summed E-state index contributed by atoms with van der Waals surface area (Å²) in [6.45, 7) is 0. The summed E-state index contributed by atoms with van der Waals surface area (Å²) in [4.78, 5) is 33.4. The molecule has 0 heterocycles. The predicted molar refractivity (Wildman–Crippen MR) is 130 cm³/mol. The van der Waals surface area contributed by atoms with Gasteiger partial charge in [-0.3, -0.25) is 0 Å². The van der Waals surface area contributed by atoms with Gasteiger partial charge in [0.25, 0.3) is 0 Å². The fourth-order valence-electron chi connectivity index (χ4n) is 1.90. The van der Waals surface area contributed by atoms with Crippen LogP contribution in [0.5, 0.6) is 0 Å². The van der Waals surface area contributed by atoms with Crippen LogP contribution in [0.25, 0.3) is 10.8 Å². The molecule has 0 aromatic heterocycles. The lowest BCUT2D eigenvalue weighted by Crippen LogP contribution is -1.67. The minimum Gasteiger partial charge on any atom is -0.222 e. The molecule has 0 aliphatic heterocycles. The minimum atomic E-state index is 0.750. The van der Waals surface area contributed by atoms with Gasteiger partial charge in [-0.1, -0.05) is 121 Å². The van der Waals surface area contributed by atoms with Crippen molar-refractivity contribution >= 4 is 35.1 Å². The van der Waals surface area contributed by atoms with Crippen LogP contribution in [-0.4, -0.2) is 24.3 Å². The zero-order chi connectivity index (χ0) is 26.1. The molecule has 0 unspecified atom stereocenters. The first kappa shape index (κ1) is 33.3. The number of benzene rings is 4. The van der Waals surface area contributed by atoms with Crippen molar-refractivity contribution in [3.05, 3.63) is 121 Å². The third-order valence-electron chi connectivity index (χ3n) is 2.99. The molecule has 4 N–H and O–H groups in total. The van der Waals surface area contributed by atoms with E-state index < -0.39 is 0 Å². The van der Waals surface area contributed by atoms with Crippen LogP contribution in [0, 0.1) is 21.6 Å². The lowest BCUT2D eigenvalue weighted by molar-refractivity contribution is 0.562. The zero-order valence-corrected chi connectivity index (χ0v) is 18.2. The van der Waals surface area contributed by atoms with E-state index in [9.17, 15) is 0 Å². The van der Waals surface area contributed by atoms with Gasteiger partial charge < -0.3 is 0 Å². The van der Waals surface area contributed by atoms with Crippen molar-refractivity contribution in [2.75, 3.05) is 0 Å². The van der Waals surface area contributed by atoms with Gasteiger partial charge in [-0.25, -0.2) is 40.8 Å². The summed E-state index contributed by atoms with van der Waals surface area (Å²) < 4.78 is 0. The van der Waals surface area contributed by atoms with Crippen LogP contribution in [0.2, 0.25) is 0 Å². The summed E-state index contributed by atoms with van der Waals surface area (Å²) >= 11 is 0. The molecule has 4 aromatic carbocycles. The topological polar surface area (TPSA) is 164 Å². The maximum atomic E-state index is 8.35. The molecule has 0 amide bonds. The number of nitrogens with one attached hydrogen (secondary N) is 4. The van der Waals surface area contributed by atoms with E-state index in [0.717, 1.165) is 24.3 Å². The highest BCUT2D eigenvalue weighted by Gasteiger charge is 1.85. The lowest BCUT2D eigenvalue weighted by atomic mass is 10.1. The van der Waals surface area contributed by atoms with E-state index in [1.165, 1.54) is 10.8 Å². The van der Waals surface area contributed by atoms with Crippen LogP contribution in [0.3, 0.4) is 0 Å². The summed E-state index contributed by atoms with van der Waals surface area (Å²) in [5.74, 6) is 0. The number of hydrogen-bond donors (Lipinski definition) is 4. The Balaban J connectivity index is -0.000000355. The van der Waals surface area contributed by atoms with Crippen LogP contribution >= 0.6 is 0 Å². The summed E-state index contributed by atoms with van der Waals surface area (Å²) in [5, 5.41) is 24.2. The van der Waals surface area contributed by atoms with Crippen molar-refractivity contribution in [1.82, 2.24) is 0 Å². The van der Waals surface area contributed by atoms with Gasteiger partial charge in [0.05, 0.1) is 0 Å². The van der Waals surface area contributed by atoms with Gasteiger partial charge in [-0.15, -0.1) is 0 Å². The molecule has 4 rings (SSSR count). The highest BCUT2D eigenvalue weighted by Crippen LogP contribution is 2.11. The molecule has 8 nitrogen and oxygen atoms in total. The summed E-state index contributed by atoms with van der Waals surface area (Å²) in [5.41, 5.74) is 0. The molecule has 34 heavy (non-hydrogen) atoms. The van der Waals surface area contributed by atoms with Gasteiger partial charge in [0.15, 0.2) is 0 Å². The van der Waals surface area contributed by atoms with Gasteiger partial charge in [0.1, 0.15) is 0 Å². The van der Waals surface area contributed by atoms with Gasteiger partial charge in [-0.05, 0) is 10.8 Å². The largest absolute Gasteiger partial charge is 0.231 e. The lowest BCUT2D eigenvalue weighted by Gasteiger charge is -1.92. The van der Waals surface area contributed by atoms with E-state index in [-0.39, 0.29) is 0 Å². The van der Waals surface area contributed by atoms with E-state index in [4.69, 9.17) is 40.8 Å². The molecule has 0 aliphatic carbocycles. The monoisotopic (exact) mass is 456 g/mol. The molecule has 0 fully saturated rings.